The lowest BCUT2D eigenvalue weighted by atomic mass is 9.89. The molecule has 1 heterocycles. The van der Waals surface area contributed by atoms with Crippen LogP contribution in [0.3, 0.4) is 0 Å². The van der Waals surface area contributed by atoms with E-state index in [2.05, 4.69) is 5.32 Å². The summed E-state index contributed by atoms with van der Waals surface area (Å²) in [6.45, 7) is 0.614. The van der Waals surface area contributed by atoms with Crippen molar-refractivity contribution < 1.29 is 27.9 Å². The minimum absolute atomic E-state index is 0.00289. The van der Waals surface area contributed by atoms with E-state index in [4.69, 9.17) is 15.6 Å². The van der Waals surface area contributed by atoms with Gasteiger partial charge in [-0.15, -0.1) is 0 Å². The average molecular weight is 268 g/mol. The summed E-state index contributed by atoms with van der Waals surface area (Å²) in [4.78, 5) is 19.9. The molecule has 8 heteroatoms. The molecule has 1 saturated carbocycles. The van der Waals surface area contributed by atoms with E-state index >= 15 is 0 Å². The quantitative estimate of drug-likeness (QED) is 0.650. The van der Waals surface area contributed by atoms with Gasteiger partial charge in [-0.3, -0.25) is 4.79 Å². The summed E-state index contributed by atoms with van der Waals surface area (Å²) < 4.78 is 31.7. The standard InChI is InChI=1S/C8H14N2O.C2HF3O2/c9-5-8-3-1-2-6(8)4-7(11)10-8;3-2(4,5)1(6)7/h6H,1-5,9H2,(H,10,11);(H,6,7). The van der Waals surface area contributed by atoms with Gasteiger partial charge in [-0.25, -0.2) is 4.79 Å². The van der Waals surface area contributed by atoms with Crippen molar-refractivity contribution in [3.05, 3.63) is 0 Å². The normalized spacial score (nSPS) is 30.2. The van der Waals surface area contributed by atoms with Crippen LogP contribution in [0.25, 0.3) is 0 Å². The Morgan fingerprint density at radius 2 is 2.11 bits per heavy atom. The summed E-state index contributed by atoms with van der Waals surface area (Å²) in [6.07, 6.45) is -0.894. The lowest BCUT2D eigenvalue weighted by Gasteiger charge is -2.26. The number of carbonyl (C=O) groups is 2. The number of hydrogen-bond acceptors (Lipinski definition) is 3. The SMILES string of the molecule is NCC12CCCC1CC(=O)N2.O=C(O)C(F)(F)F. The van der Waals surface area contributed by atoms with Crippen LogP contribution in [-0.4, -0.2) is 35.2 Å². The van der Waals surface area contributed by atoms with Gasteiger partial charge in [-0.05, 0) is 18.8 Å². The van der Waals surface area contributed by atoms with Crippen LogP contribution >= 0.6 is 0 Å². The molecule has 5 nitrogen and oxygen atoms in total. The zero-order valence-corrected chi connectivity index (χ0v) is 9.59. The van der Waals surface area contributed by atoms with Crippen LogP contribution in [0.1, 0.15) is 25.7 Å². The molecular weight excluding hydrogens is 253 g/mol. The van der Waals surface area contributed by atoms with Gasteiger partial charge in [0.25, 0.3) is 0 Å². The van der Waals surface area contributed by atoms with Crippen LogP contribution in [-0.2, 0) is 9.59 Å². The van der Waals surface area contributed by atoms with E-state index in [0.29, 0.717) is 18.9 Å². The molecule has 0 aromatic carbocycles. The monoisotopic (exact) mass is 268 g/mol. The van der Waals surface area contributed by atoms with E-state index < -0.39 is 12.1 Å². The Balaban J connectivity index is 0.000000203. The molecule has 1 amide bonds. The summed E-state index contributed by atoms with van der Waals surface area (Å²) in [6, 6.07) is 0. The molecule has 2 fully saturated rings. The third kappa shape index (κ3) is 3.12. The van der Waals surface area contributed by atoms with Crippen molar-refractivity contribution in [3.8, 4) is 0 Å². The lowest BCUT2D eigenvalue weighted by Crippen LogP contribution is -2.49. The number of aliphatic carboxylic acids is 1. The van der Waals surface area contributed by atoms with E-state index in [1.165, 1.54) is 12.8 Å². The van der Waals surface area contributed by atoms with Crippen molar-refractivity contribution in [1.29, 1.82) is 0 Å². The maximum atomic E-state index is 11.1. The fourth-order valence-corrected chi connectivity index (χ4v) is 2.48. The van der Waals surface area contributed by atoms with Crippen molar-refractivity contribution in [2.45, 2.75) is 37.4 Å². The number of fused-ring (bicyclic) bond motifs is 1. The van der Waals surface area contributed by atoms with Crippen LogP contribution in [0.2, 0.25) is 0 Å². The number of nitrogens with two attached hydrogens (primary N) is 1. The third-order valence-corrected chi connectivity index (χ3v) is 3.38. The number of halogens is 3. The van der Waals surface area contributed by atoms with E-state index in [-0.39, 0.29) is 11.4 Å². The molecular formula is C10H15F3N2O3. The lowest BCUT2D eigenvalue weighted by molar-refractivity contribution is -0.192. The van der Waals surface area contributed by atoms with Gasteiger partial charge < -0.3 is 16.2 Å². The van der Waals surface area contributed by atoms with Gasteiger partial charge in [0.2, 0.25) is 5.91 Å². The molecule has 104 valence electrons. The van der Waals surface area contributed by atoms with E-state index in [1.807, 2.05) is 0 Å². The molecule has 18 heavy (non-hydrogen) atoms. The van der Waals surface area contributed by atoms with E-state index in [1.54, 1.807) is 0 Å². The molecule has 0 radical (unpaired) electrons. The maximum absolute atomic E-state index is 11.1. The Morgan fingerprint density at radius 1 is 1.56 bits per heavy atom. The topological polar surface area (TPSA) is 92.4 Å². The van der Waals surface area contributed by atoms with Crippen LogP contribution in [0.5, 0.6) is 0 Å². The molecule has 2 atom stereocenters. The number of rotatable bonds is 1. The van der Waals surface area contributed by atoms with E-state index in [9.17, 15) is 18.0 Å². The molecule has 0 spiro atoms. The first-order chi connectivity index (χ1) is 8.21. The second-order valence-corrected chi connectivity index (χ2v) is 4.50. The van der Waals surface area contributed by atoms with Crippen LogP contribution in [0.4, 0.5) is 13.2 Å². The number of carboxylic acid groups (broad SMARTS) is 1. The van der Waals surface area contributed by atoms with E-state index in [0.717, 1.165) is 6.42 Å². The average Bonchev–Trinajstić information content (AvgIpc) is 2.73. The van der Waals surface area contributed by atoms with Crippen molar-refractivity contribution in [1.82, 2.24) is 5.32 Å². The van der Waals surface area contributed by atoms with Gasteiger partial charge in [0, 0.05) is 13.0 Å². The fraction of sp³-hybridized carbons (Fsp3) is 0.800. The Bertz CT molecular complexity index is 346. The second-order valence-electron chi connectivity index (χ2n) is 4.50. The summed E-state index contributed by atoms with van der Waals surface area (Å²) in [5.41, 5.74) is 5.65. The molecule has 1 aliphatic heterocycles. The number of amides is 1. The molecule has 0 aromatic rings. The second kappa shape index (κ2) is 5.13. The minimum Gasteiger partial charge on any atom is -0.475 e. The van der Waals surface area contributed by atoms with Crippen molar-refractivity contribution in [3.63, 3.8) is 0 Å². The third-order valence-electron chi connectivity index (χ3n) is 3.38. The fourth-order valence-electron chi connectivity index (χ4n) is 2.48. The summed E-state index contributed by atoms with van der Waals surface area (Å²) in [7, 11) is 0. The number of nitrogens with one attached hydrogen (secondary N) is 1. The van der Waals surface area contributed by atoms with Crippen molar-refractivity contribution in [2.75, 3.05) is 6.54 Å². The predicted molar refractivity (Wildman–Crippen MR) is 55.6 cm³/mol. The summed E-state index contributed by atoms with van der Waals surface area (Å²) in [5.74, 6) is -2.03. The first-order valence-electron chi connectivity index (χ1n) is 5.52. The number of carboxylic acids is 1. The Hall–Kier alpha value is -1.31. The molecule has 0 aromatic heterocycles. The van der Waals surface area contributed by atoms with Gasteiger partial charge in [-0.2, -0.15) is 13.2 Å². The Kier molecular flexibility index (Phi) is 4.20. The Morgan fingerprint density at radius 3 is 2.50 bits per heavy atom. The minimum atomic E-state index is -5.08. The van der Waals surface area contributed by atoms with Crippen LogP contribution in [0, 0.1) is 5.92 Å². The van der Waals surface area contributed by atoms with Gasteiger partial charge in [0.05, 0.1) is 5.54 Å². The van der Waals surface area contributed by atoms with Crippen LogP contribution in [0.15, 0.2) is 0 Å². The molecule has 1 saturated heterocycles. The van der Waals surface area contributed by atoms with Gasteiger partial charge in [0.15, 0.2) is 0 Å². The number of alkyl halides is 3. The molecule has 2 unspecified atom stereocenters. The molecule has 2 aliphatic rings. The predicted octanol–water partition coefficient (Wildman–Crippen LogP) is 0.637. The molecule has 2 rings (SSSR count). The largest absolute Gasteiger partial charge is 0.490 e. The Labute approximate surface area is 102 Å². The smallest absolute Gasteiger partial charge is 0.475 e. The first-order valence-corrected chi connectivity index (χ1v) is 5.52. The van der Waals surface area contributed by atoms with Gasteiger partial charge >= 0.3 is 12.1 Å². The summed E-state index contributed by atoms with van der Waals surface area (Å²) in [5, 5.41) is 10.1. The molecule has 0 bridgehead atoms. The van der Waals surface area contributed by atoms with Gasteiger partial charge in [-0.1, -0.05) is 6.42 Å². The molecule has 4 N–H and O–H groups in total. The highest BCUT2D eigenvalue weighted by molar-refractivity contribution is 5.80. The zero-order valence-electron chi connectivity index (χ0n) is 9.59. The number of hydrogen-bond donors (Lipinski definition) is 3. The highest BCUT2D eigenvalue weighted by Gasteiger charge is 2.48. The molecule has 1 aliphatic carbocycles. The highest BCUT2D eigenvalue weighted by Crippen LogP contribution is 2.40. The van der Waals surface area contributed by atoms with Crippen molar-refractivity contribution >= 4 is 11.9 Å². The zero-order chi connectivity index (χ0) is 14.0. The van der Waals surface area contributed by atoms with Crippen LogP contribution < -0.4 is 11.1 Å². The van der Waals surface area contributed by atoms with Crippen molar-refractivity contribution in [2.24, 2.45) is 11.7 Å². The summed E-state index contributed by atoms with van der Waals surface area (Å²) >= 11 is 0. The van der Waals surface area contributed by atoms with Gasteiger partial charge in [0.1, 0.15) is 0 Å². The highest BCUT2D eigenvalue weighted by atomic mass is 19.4. The number of carbonyl (C=O) groups excluding carboxylic acids is 1. The first kappa shape index (κ1) is 14.7. The maximum Gasteiger partial charge on any atom is 0.490 e.